The predicted octanol–water partition coefficient (Wildman–Crippen LogP) is 2.17. The molecule has 0 saturated carbocycles. The Labute approximate surface area is 123 Å². The minimum Gasteiger partial charge on any atom is -0.366 e. The van der Waals surface area contributed by atoms with Gasteiger partial charge in [0.2, 0.25) is 0 Å². The van der Waals surface area contributed by atoms with Crippen molar-refractivity contribution in [3.8, 4) is 5.69 Å². The van der Waals surface area contributed by atoms with Gasteiger partial charge < -0.3 is 11.1 Å². The topological polar surface area (TPSA) is 72.9 Å². The molecule has 1 unspecified atom stereocenters. The summed E-state index contributed by atoms with van der Waals surface area (Å²) in [6.45, 7) is 4.95. The summed E-state index contributed by atoms with van der Waals surface area (Å²) in [5.41, 5.74) is 6.56. The second-order valence-corrected chi connectivity index (χ2v) is 4.92. The summed E-state index contributed by atoms with van der Waals surface area (Å²) >= 11 is 0. The quantitative estimate of drug-likeness (QED) is 0.856. The van der Waals surface area contributed by atoms with Crippen molar-refractivity contribution < 1.29 is 9.18 Å². The Kier molecular flexibility index (Phi) is 4.70. The zero-order valence-corrected chi connectivity index (χ0v) is 12.1. The van der Waals surface area contributed by atoms with E-state index in [9.17, 15) is 9.18 Å². The van der Waals surface area contributed by atoms with Crippen LogP contribution in [0.5, 0.6) is 0 Å². The molecule has 0 saturated heterocycles. The van der Waals surface area contributed by atoms with Gasteiger partial charge in [0, 0.05) is 12.2 Å². The van der Waals surface area contributed by atoms with Crippen molar-refractivity contribution in [2.45, 2.75) is 26.3 Å². The molecule has 1 atom stereocenters. The normalized spacial score (nSPS) is 12.3. The smallest absolute Gasteiger partial charge is 0.251 e. The van der Waals surface area contributed by atoms with Crippen LogP contribution in [0.1, 0.15) is 42.2 Å². The van der Waals surface area contributed by atoms with Gasteiger partial charge in [0.05, 0.1) is 11.8 Å². The molecule has 1 aromatic carbocycles. The van der Waals surface area contributed by atoms with Gasteiger partial charge in [-0.2, -0.15) is 5.10 Å². The second kappa shape index (κ2) is 6.49. The maximum atomic E-state index is 14.2. The average Bonchev–Trinajstić information content (AvgIpc) is 2.94. The molecule has 5 nitrogen and oxygen atoms in total. The van der Waals surface area contributed by atoms with Gasteiger partial charge in [-0.05, 0) is 37.6 Å². The van der Waals surface area contributed by atoms with Crippen molar-refractivity contribution in [3.05, 3.63) is 47.5 Å². The largest absolute Gasteiger partial charge is 0.366 e. The van der Waals surface area contributed by atoms with Gasteiger partial charge in [-0.1, -0.05) is 13.0 Å². The van der Waals surface area contributed by atoms with Crippen LogP contribution in [0.4, 0.5) is 4.39 Å². The van der Waals surface area contributed by atoms with Crippen LogP contribution >= 0.6 is 0 Å². The fraction of sp³-hybridized carbons (Fsp3) is 0.333. The molecule has 2 rings (SSSR count). The third-order valence-electron chi connectivity index (χ3n) is 3.29. The lowest BCUT2D eigenvalue weighted by Crippen LogP contribution is -2.19. The maximum Gasteiger partial charge on any atom is 0.251 e. The van der Waals surface area contributed by atoms with Crippen molar-refractivity contribution in [2.75, 3.05) is 6.54 Å². The first kappa shape index (κ1) is 15.2. The Morgan fingerprint density at radius 2 is 2.29 bits per heavy atom. The van der Waals surface area contributed by atoms with Gasteiger partial charge in [0.1, 0.15) is 11.5 Å². The van der Waals surface area contributed by atoms with Crippen LogP contribution < -0.4 is 11.1 Å². The zero-order valence-electron chi connectivity index (χ0n) is 12.1. The molecule has 3 N–H and O–H groups in total. The highest BCUT2D eigenvalue weighted by atomic mass is 19.1. The van der Waals surface area contributed by atoms with E-state index in [2.05, 4.69) is 17.3 Å². The highest BCUT2D eigenvalue weighted by Crippen LogP contribution is 2.19. The number of nitrogens with one attached hydrogen (secondary N) is 1. The van der Waals surface area contributed by atoms with E-state index in [1.807, 2.05) is 13.0 Å². The summed E-state index contributed by atoms with van der Waals surface area (Å²) in [6, 6.07) is 5.05. The van der Waals surface area contributed by atoms with Gasteiger partial charge in [-0.3, -0.25) is 4.79 Å². The molecule has 0 aliphatic rings. The number of carbonyl (C=O) groups is 1. The van der Waals surface area contributed by atoms with Crippen molar-refractivity contribution in [1.82, 2.24) is 15.1 Å². The number of halogens is 1. The second-order valence-electron chi connectivity index (χ2n) is 4.92. The number of hydrogen-bond acceptors (Lipinski definition) is 3. The SMILES string of the molecule is CCCNC(C)c1ccc(-n2cc(C(N)=O)cn2)c(F)c1. The molecule has 2 aromatic rings. The molecule has 1 aromatic heterocycles. The number of amides is 1. The van der Waals surface area contributed by atoms with Crippen molar-refractivity contribution in [2.24, 2.45) is 5.73 Å². The van der Waals surface area contributed by atoms with E-state index in [0.29, 0.717) is 0 Å². The molecule has 6 heteroatoms. The lowest BCUT2D eigenvalue weighted by atomic mass is 10.1. The Hall–Kier alpha value is -2.21. The Morgan fingerprint density at radius 3 is 2.86 bits per heavy atom. The number of aromatic nitrogens is 2. The molecule has 0 bridgehead atoms. The van der Waals surface area contributed by atoms with Crippen molar-refractivity contribution in [1.29, 1.82) is 0 Å². The van der Waals surface area contributed by atoms with Crippen LogP contribution in [0.3, 0.4) is 0 Å². The van der Waals surface area contributed by atoms with Gasteiger partial charge in [0.15, 0.2) is 0 Å². The first-order valence-electron chi connectivity index (χ1n) is 6.90. The summed E-state index contributed by atoms with van der Waals surface area (Å²) in [5, 5.41) is 7.26. The summed E-state index contributed by atoms with van der Waals surface area (Å²) in [7, 11) is 0. The summed E-state index contributed by atoms with van der Waals surface area (Å²) < 4.78 is 15.5. The first-order chi connectivity index (χ1) is 10.0. The van der Waals surface area contributed by atoms with Crippen LogP contribution in [0.25, 0.3) is 5.69 Å². The molecule has 0 radical (unpaired) electrons. The lowest BCUT2D eigenvalue weighted by molar-refractivity contribution is 0.100. The minimum atomic E-state index is -0.587. The number of nitrogens with two attached hydrogens (primary N) is 1. The predicted molar refractivity (Wildman–Crippen MR) is 78.7 cm³/mol. The van der Waals surface area contributed by atoms with E-state index in [1.54, 1.807) is 6.07 Å². The molecule has 0 aliphatic heterocycles. The molecule has 21 heavy (non-hydrogen) atoms. The van der Waals surface area contributed by atoms with E-state index in [0.717, 1.165) is 18.5 Å². The van der Waals surface area contributed by atoms with E-state index >= 15 is 0 Å². The number of primary amides is 1. The summed E-state index contributed by atoms with van der Waals surface area (Å²) in [4.78, 5) is 11.0. The number of rotatable bonds is 6. The number of benzene rings is 1. The Bertz CT molecular complexity index is 638. The lowest BCUT2D eigenvalue weighted by Gasteiger charge is -2.14. The third-order valence-corrected chi connectivity index (χ3v) is 3.29. The van der Waals surface area contributed by atoms with Crippen LogP contribution in [0.15, 0.2) is 30.6 Å². The average molecular weight is 290 g/mol. The van der Waals surface area contributed by atoms with E-state index in [1.165, 1.54) is 23.1 Å². The molecule has 1 heterocycles. The molecular weight excluding hydrogens is 271 g/mol. The number of nitrogens with zero attached hydrogens (tertiary/aromatic N) is 2. The fourth-order valence-electron chi connectivity index (χ4n) is 2.04. The Balaban J connectivity index is 2.24. The van der Waals surface area contributed by atoms with Crippen LogP contribution in [0, 0.1) is 5.82 Å². The molecule has 1 amide bonds. The van der Waals surface area contributed by atoms with Crippen LogP contribution in [-0.2, 0) is 0 Å². The highest BCUT2D eigenvalue weighted by molar-refractivity contribution is 5.92. The maximum absolute atomic E-state index is 14.2. The monoisotopic (exact) mass is 290 g/mol. The number of hydrogen-bond donors (Lipinski definition) is 2. The molecular formula is C15H19FN4O. The highest BCUT2D eigenvalue weighted by Gasteiger charge is 2.12. The van der Waals surface area contributed by atoms with Crippen LogP contribution in [0.2, 0.25) is 0 Å². The summed E-state index contributed by atoms with van der Waals surface area (Å²) in [5.74, 6) is -0.979. The van der Waals surface area contributed by atoms with E-state index in [-0.39, 0.29) is 17.3 Å². The van der Waals surface area contributed by atoms with Crippen molar-refractivity contribution >= 4 is 5.91 Å². The Morgan fingerprint density at radius 1 is 1.52 bits per heavy atom. The van der Waals surface area contributed by atoms with Gasteiger partial charge in [-0.15, -0.1) is 0 Å². The standard InChI is InChI=1S/C15H19FN4O/c1-3-6-18-10(2)11-4-5-14(13(16)7-11)20-9-12(8-19-20)15(17)21/h4-5,7-10,18H,3,6H2,1-2H3,(H2,17,21). The van der Waals surface area contributed by atoms with Gasteiger partial charge in [-0.25, -0.2) is 9.07 Å². The third kappa shape index (κ3) is 3.46. The van der Waals surface area contributed by atoms with Crippen LogP contribution in [-0.4, -0.2) is 22.2 Å². The number of carbonyl (C=O) groups excluding carboxylic acids is 1. The van der Waals surface area contributed by atoms with Gasteiger partial charge in [0.25, 0.3) is 5.91 Å². The molecule has 112 valence electrons. The molecule has 0 spiro atoms. The summed E-state index contributed by atoms with van der Waals surface area (Å²) in [6.07, 6.45) is 3.76. The molecule has 0 fully saturated rings. The zero-order chi connectivity index (χ0) is 15.4. The van der Waals surface area contributed by atoms with Crippen molar-refractivity contribution in [3.63, 3.8) is 0 Å². The first-order valence-corrected chi connectivity index (χ1v) is 6.90. The fourth-order valence-corrected chi connectivity index (χ4v) is 2.04. The van der Waals surface area contributed by atoms with E-state index in [4.69, 9.17) is 5.73 Å². The van der Waals surface area contributed by atoms with E-state index < -0.39 is 11.7 Å². The molecule has 0 aliphatic carbocycles. The minimum absolute atomic E-state index is 0.0762. The van der Waals surface area contributed by atoms with Gasteiger partial charge >= 0.3 is 0 Å².